The molecule has 7 heteroatoms. The number of piperazine rings is 1. The number of aryl methyl sites for hydroxylation is 2. The molecule has 1 saturated carbocycles. The number of hydrogen-bond donors (Lipinski definition) is 0. The van der Waals surface area contributed by atoms with Crippen molar-refractivity contribution in [1.82, 2.24) is 9.80 Å². The number of nitrogens with zero attached hydrogens (tertiary/aromatic N) is 3. The molecule has 6 rings (SSSR count). The zero-order chi connectivity index (χ0) is 29.2. The van der Waals surface area contributed by atoms with E-state index in [4.69, 9.17) is 16.3 Å². The molecule has 0 bridgehead atoms. The van der Waals surface area contributed by atoms with Crippen LogP contribution in [0, 0.1) is 13.8 Å². The van der Waals surface area contributed by atoms with Gasteiger partial charge < -0.3 is 19.4 Å². The predicted molar refractivity (Wildman–Crippen MR) is 168 cm³/mol. The molecular formula is C35H38ClN3O3. The van der Waals surface area contributed by atoms with Gasteiger partial charge in [0.25, 0.3) is 11.8 Å². The molecule has 2 aliphatic heterocycles. The highest BCUT2D eigenvalue weighted by molar-refractivity contribution is 6.30. The molecule has 218 valence electrons. The predicted octanol–water partition coefficient (Wildman–Crippen LogP) is 6.63. The fourth-order valence-corrected chi connectivity index (χ4v) is 6.66. The summed E-state index contributed by atoms with van der Waals surface area (Å²) >= 11 is 6.23. The van der Waals surface area contributed by atoms with Crippen LogP contribution in [0.4, 0.5) is 5.69 Å². The molecule has 1 aliphatic carbocycles. The Balaban J connectivity index is 1.13. The van der Waals surface area contributed by atoms with Gasteiger partial charge in [-0.25, -0.2) is 0 Å². The fourth-order valence-electron chi connectivity index (χ4n) is 6.50. The highest BCUT2D eigenvalue weighted by atomic mass is 35.5. The Morgan fingerprint density at radius 2 is 1.71 bits per heavy atom. The van der Waals surface area contributed by atoms with E-state index in [2.05, 4.69) is 36.9 Å². The van der Waals surface area contributed by atoms with Crippen molar-refractivity contribution in [3.8, 4) is 0 Å². The summed E-state index contributed by atoms with van der Waals surface area (Å²) in [6, 6.07) is 21.9. The van der Waals surface area contributed by atoms with Crippen LogP contribution in [0.15, 0.2) is 72.5 Å². The lowest BCUT2D eigenvalue weighted by molar-refractivity contribution is -0.149. The monoisotopic (exact) mass is 583 g/mol. The van der Waals surface area contributed by atoms with Crippen LogP contribution in [0.5, 0.6) is 0 Å². The first-order valence-electron chi connectivity index (χ1n) is 15.0. The lowest BCUT2D eigenvalue weighted by Crippen LogP contribution is -2.54. The molecule has 3 fully saturated rings. The van der Waals surface area contributed by atoms with E-state index in [-0.39, 0.29) is 24.0 Å². The minimum atomic E-state index is -0.0624. The largest absolute Gasteiger partial charge is 0.482 e. The Kier molecular flexibility index (Phi) is 8.25. The van der Waals surface area contributed by atoms with Gasteiger partial charge in [-0.2, -0.15) is 0 Å². The smallest absolute Gasteiger partial charge is 0.289 e. The summed E-state index contributed by atoms with van der Waals surface area (Å²) < 4.78 is 6.32. The lowest BCUT2D eigenvalue weighted by Gasteiger charge is -2.44. The molecule has 0 spiro atoms. The Bertz CT molecular complexity index is 1490. The van der Waals surface area contributed by atoms with Crippen molar-refractivity contribution in [2.24, 2.45) is 0 Å². The number of carbonyl (C=O) groups is 2. The van der Waals surface area contributed by atoms with Crippen LogP contribution in [0.1, 0.15) is 58.3 Å². The fraction of sp³-hybridized carbons (Fsp3) is 0.371. The van der Waals surface area contributed by atoms with Gasteiger partial charge in [-0.3, -0.25) is 9.59 Å². The maximum absolute atomic E-state index is 13.7. The summed E-state index contributed by atoms with van der Waals surface area (Å²) in [5.41, 5.74) is 6.14. The summed E-state index contributed by atoms with van der Waals surface area (Å²) in [7, 11) is 0. The Labute approximate surface area is 253 Å². The first-order valence-corrected chi connectivity index (χ1v) is 15.4. The number of halogens is 1. The molecule has 0 N–H and O–H groups in total. The van der Waals surface area contributed by atoms with E-state index in [1.807, 2.05) is 64.4 Å². The lowest BCUT2D eigenvalue weighted by atomic mass is 9.89. The molecule has 0 radical (unpaired) electrons. The second-order valence-electron chi connectivity index (χ2n) is 11.8. The first kappa shape index (κ1) is 28.4. The third-order valence-electron chi connectivity index (χ3n) is 8.79. The van der Waals surface area contributed by atoms with Crippen molar-refractivity contribution in [1.29, 1.82) is 0 Å². The number of fused-ring (bicyclic) bond motifs is 1. The summed E-state index contributed by atoms with van der Waals surface area (Å²) in [5, 5.41) is 0.724. The van der Waals surface area contributed by atoms with E-state index >= 15 is 0 Å². The van der Waals surface area contributed by atoms with E-state index < -0.39 is 0 Å². The molecule has 2 atom stereocenters. The number of morpholine rings is 1. The summed E-state index contributed by atoms with van der Waals surface area (Å²) in [4.78, 5) is 33.2. The number of benzene rings is 3. The molecule has 2 unspecified atom stereocenters. The average Bonchev–Trinajstić information content (AvgIpc) is 3.00. The molecule has 0 aromatic heterocycles. The van der Waals surface area contributed by atoms with Gasteiger partial charge in [0.1, 0.15) is 6.10 Å². The quantitative estimate of drug-likeness (QED) is 0.316. The van der Waals surface area contributed by atoms with Crippen LogP contribution < -0.4 is 4.90 Å². The van der Waals surface area contributed by atoms with Gasteiger partial charge in [-0.05, 0) is 80.1 Å². The minimum Gasteiger partial charge on any atom is -0.482 e. The first-order chi connectivity index (χ1) is 20.4. The average molecular weight is 584 g/mol. The van der Waals surface area contributed by atoms with E-state index in [0.29, 0.717) is 31.0 Å². The molecular weight excluding hydrogens is 546 g/mol. The normalized spacial score (nSPS) is 21.7. The van der Waals surface area contributed by atoms with Crippen molar-refractivity contribution < 1.29 is 14.3 Å². The maximum Gasteiger partial charge on any atom is 0.289 e. The summed E-state index contributed by atoms with van der Waals surface area (Å²) in [5.74, 6) is 0.348. The molecule has 3 aromatic carbocycles. The van der Waals surface area contributed by atoms with Crippen LogP contribution in [-0.4, -0.2) is 59.9 Å². The third kappa shape index (κ3) is 6.05. The SMILES string of the molecule is Cc1cccc(CN2C(=O)/C(=C\c3ccc(C(=O)N4CCN(c5cc(Cl)ccc5C)CC4)cc3)OC3CCCCC32)c1. The van der Waals surface area contributed by atoms with Crippen LogP contribution in [-0.2, 0) is 16.1 Å². The van der Waals surface area contributed by atoms with Crippen molar-refractivity contribution in [2.45, 2.75) is 58.2 Å². The summed E-state index contributed by atoms with van der Waals surface area (Å²) in [6.45, 7) is 7.57. The molecule has 3 aliphatic rings. The van der Waals surface area contributed by atoms with Gasteiger partial charge in [0.05, 0.1) is 6.04 Å². The van der Waals surface area contributed by atoms with Crippen molar-refractivity contribution in [3.05, 3.63) is 105 Å². The van der Waals surface area contributed by atoms with Crippen LogP contribution in [0.2, 0.25) is 5.02 Å². The highest BCUT2D eigenvalue weighted by Gasteiger charge is 2.41. The third-order valence-corrected chi connectivity index (χ3v) is 9.02. The number of carbonyl (C=O) groups excluding carboxylic acids is 2. The van der Waals surface area contributed by atoms with Crippen molar-refractivity contribution in [3.63, 3.8) is 0 Å². The molecule has 42 heavy (non-hydrogen) atoms. The number of anilines is 1. The zero-order valence-electron chi connectivity index (χ0n) is 24.4. The second-order valence-corrected chi connectivity index (χ2v) is 12.2. The molecule has 2 amide bonds. The minimum absolute atomic E-state index is 0.0164. The Hall–Kier alpha value is -3.77. The van der Waals surface area contributed by atoms with E-state index in [1.54, 1.807) is 0 Å². The van der Waals surface area contributed by atoms with Gasteiger partial charge in [0.15, 0.2) is 5.76 Å². The van der Waals surface area contributed by atoms with E-state index in [9.17, 15) is 9.59 Å². The topological polar surface area (TPSA) is 53.1 Å². The molecule has 2 saturated heterocycles. The Morgan fingerprint density at radius 1 is 0.952 bits per heavy atom. The summed E-state index contributed by atoms with van der Waals surface area (Å²) in [6.07, 6.45) is 6.01. The van der Waals surface area contributed by atoms with Gasteiger partial charge >= 0.3 is 0 Å². The van der Waals surface area contributed by atoms with Crippen LogP contribution >= 0.6 is 11.6 Å². The van der Waals surface area contributed by atoms with Crippen molar-refractivity contribution >= 4 is 35.2 Å². The van der Waals surface area contributed by atoms with Gasteiger partial charge in [-0.15, -0.1) is 0 Å². The van der Waals surface area contributed by atoms with E-state index in [0.717, 1.165) is 60.6 Å². The molecule has 6 nitrogen and oxygen atoms in total. The van der Waals surface area contributed by atoms with Crippen molar-refractivity contribution in [2.75, 3.05) is 31.1 Å². The van der Waals surface area contributed by atoms with Gasteiger partial charge in [0, 0.05) is 49.0 Å². The molecule has 2 heterocycles. The standard InChI is InChI=1S/C35H38ClN3O3/c1-24-6-5-7-27(20-24)23-39-30-8-3-4-9-32(30)42-33(35(39)41)21-26-11-13-28(14-12-26)34(40)38-18-16-37(17-19-38)31-22-29(36)15-10-25(31)2/h5-7,10-15,20-22,30,32H,3-4,8-9,16-19,23H2,1-2H3/b33-21+. The second kappa shape index (κ2) is 12.2. The molecule has 3 aromatic rings. The Morgan fingerprint density at radius 3 is 2.48 bits per heavy atom. The highest BCUT2D eigenvalue weighted by Crippen LogP contribution is 2.34. The van der Waals surface area contributed by atoms with Gasteiger partial charge in [0.2, 0.25) is 0 Å². The van der Waals surface area contributed by atoms with E-state index in [1.165, 1.54) is 11.1 Å². The number of ether oxygens (including phenoxy) is 1. The van der Waals surface area contributed by atoms with Crippen LogP contribution in [0.3, 0.4) is 0 Å². The number of hydrogen-bond acceptors (Lipinski definition) is 4. The maximum atomic E-state index is 13.7. The zero-order valence-corrected chi connectivity index (χ0v) is 25.1. The van der Waals surface area contributed by atoms with Crippen LogP contribution in [0.25, 0.3) is 6.08 Å². The number of rotatable bonds is 5. The van der Waals surface area contributed by atoms with Gasteiger partial charge in [-0.1, -0.05) is 66.0 Å². The number of amides is 2.